The summed E-state index contributed by atoms with van der Waals surface area (Å²) < 4.78 is 23.0. The van der Waals surface area contributed by atoms with Crippen LogP contribution in [0, 0.1) is 0 Å². The first-order valence-electron chi connectivity index (χ1n) is 8.93. The third-order valence-electron chi connectivity index (χ3n) is 4.18. The van der Waals surface area contributed by atoms with Gasteiger partial charge in [-0.1, -0.05) is 17.8 Å². The number of hydrogen-bond donors (Lipinski definition) is 1. The predicted octanol–water partition coefficient (Wildman–Crippen LogP) is 2.07. The van der Waals surface area contributed by atoms with E-state index in [1.807, 2.05) is 42.5 Å². The second kappa shape index (κ2) is 9.12. The van der Waals surface area contributed by atoms with Gasteiger partial charge in [-0.25, -0.2) is 0 Å². The lowest BCUT2D eigenvalue weighted by Crippen LogP contribution is -2.18. The Hall–Kier alpha value is -2.82. The molecule has 0 aliphatic carbocycles. The Bertz CT molecular complexity index is 950. The molecule has 0 bridgehead atoms. The molecule has 0 fully saturated rings. The fourth-order valence-electron chi connectivity index (χ4n) is 2.72. The van der Waals surface area contributed by atoms with E-state index in [4.69, 9.17) is 18.9 Å². The molecule has 1 aliphatic rings. The molecule has 1 atom stereocenters. The van der Waals surface area contributed by atoms with Crippen molar-refractivity contribution in [3.05, 3.63) is 48.0 Å². The predicted molar refractivity (Wildman–Crippen MR) is 105 cm³/mol. The number of hydrogen-bond acceptors (Lipinski definition) is 9. The van der Waals surface area contributed by atoms with E-state index in [1.54, 1.807) is 11.8 Å². The molecule has 1 N–H and O–H groups in total. The fourth-order valence-corrected chi connectivity index (χ4v) is 3.51. The summed E-state index contributed by atoms with van der Waals surface area (Å²) in [5, 5.41) is 22.6. The van der Waals surface area contributed by atoms with E-state index in [9.17, 15) is 5.11 Å². The van der Waals surface area contributed by atoms with E-state index >= 15 is 0 Å². The van der Waals surface area contributed by atoms with Crippen LogP contribution in [0.1, 0.15) is 5.56 Å². The molecule has 1 aromatic heterocycles. The van der Waals surface area contributed by atoms with Gasteiger partial charge in [0.1, 0.15) is 5.75 Å². The minimum atomic E-state index is -0.657. The van der Waals surface area contributed by atoms with Gasteiger partial charge in [-0.3, -0.25) is 0 Å². The number of methoxy groups -OCH3 is 1. The van der Waals surface area contributed by atoms with Crippen LogP contribution in [-0.4, -0.2) is 57.7 Å². The van der Waals surface area contributed by atoms with Gasteiger partial charge in [0.2, 0.25) is 11.9 Å². The summed E-state index contributed by atoms with van der Waals surface area (Å²) in [5.74, 6) is 2.61. The number of aliphatic hydroxyl groups excluding tert-OH is 1. The molecule has 2 heterocycles. The van der Waals surface area contributed by atoms with Gasteiger partial charge >= 0.3 is 0 Å². The van der Waals surface area contributed by atoms with Gasteiger partial charge in [-0.15, -0.1) is 5.10 Å². The molecule has 0 saturated carbocycles. The lowest BCUT2D eigenvalue weighted by atomic mass is 10.2. The first-order chi connectivity index (χ1) is 14.2. The third kappa shape index (κ3) is 4.78. The molecule has 10 heteroatoms. The van der Waals surface area contributed by atoms with Crippen LogP contribution in [0.25, 0.3) is 5.69 Å². The summed E-state index contributed by atoms with van der Waals surface area (Å²) in [6, 6.07) is 13.1. The van der Waals surface area contributed by atoms with E-state index in [-0.39, 0.29) is 13.4 Å². The first-order valence-corrected chi connectivity index (χ1v) is 9.91. The fraction of sp³-hybridized carbons (Fsp3) is 0.316. The first kappa shape index (κ1) is 19.5. The van der Waals surface area contributed by atoms with E-state index in [0.29, 0.717) is 23.3 Å². The second-order valence-electron chi connectivity index (χ2n) is 6.24. The molecule has 2 aromatic carbocycles. The van der Waals surface area contributed by atoms with Gasteiger partial charge in [0.05, 0.1) is 32.1 Å². The molecule has 9 nitrogen and oxygen atoms in total. The molecule has 4 rings (SSSR count). The molecular formula is C19H20N4O5S. The summed E-state index contributed by atoms with van der Waals surface area (Å²) in [4.78, 5) is 0. The number of nitrogens with zero attached hydrogens (tertiary/aromatic N) is 4. The molecular weight excluding hydrogens is 396 g/mol. The van der Waals surface area contributed by atoms with Crippen LogP contribution in [0.3, 0.4) is 0 Å². The number of benzene rings is 2. The van der Waals surface area contributed by atoms with Crippen LogP contribution in [0.15, 0.2) is 47.6 Å². The summed E-state index contributed by atoms with van der Waals surface area (Å²) in [6.07, 6.45) is -0.657. The highest BCUT2D eigenvalue weighted by Crippen LogP contribution is 2.32. The Kier molecular flexibility index (Phi) is 6.13. The zero-order chi connectivity index (χ0) is 20.1. The zero-order valence-corrected chi connectivity index (χ0v) is 16.5. The number of tetrazole rings is 1. The number of fused-ring (bicyclic) bond motifs is 1. The Labute approximate surface area is 171 Å². The van der Waals surface area contributed by atoms with Crippen LogP contribution in [-0.2, 0) is 11.3 Å². The third-order valence-corrected chi connectivity index (χ3v) is 5.24. The maximum atomic E-state index is 10.2. The van der Waals surface area contributed by atoms with Crippen molar-refractivity contribution in [2.75, 3.05) is 26.3 Å². The summed E-state index contributed by atoms with van der Waals surface area (Å²) in [6.45, 7) is 0.819. The molecule has 0 radical (unpaired) electrons. The average molecular weight is 416 g/mol. The summed E-state index contributed by atoms with van der Waals surface area (Å²) in [7, 11) is 1.61. The maximum absolute atomic E-state index is 10.2. The number of rotatable bonds is 9. The highest BCUT2D eigenvalue weighted by atomic mass is 32.2. The number of ether oxygens (including phenoxy) is 4. The molecule has 1 aliphatic heterocycles. The summed E-state index contributed by atoms with van der Waals surface area (Å²) in [5.41, 5.74) is 1.77. The van der Waals surface area contributed by atoms with Crippen molar-refractivity contribution >= 4 is 11.8 Å². The topological polar surface area (TPSA) is 101 Å². The smallest absolute Gasteiger partial charge is 0.231 e. The quantitative estimate of drug-likeness (QED) is 0.525. The van der Waals surface area contributed by atoms with Crippen LogP contribution < -0.4 is 14.2 Å². The van der Waals surface area contributed by atoms with Gasteiger partial charge in [-0.2, -0.15) is 4.68 Å². The van der Waals surface area contributed by atoms with Crippen molar-refractivity contribution in [2.45, 2.75) is 17.9 Å². The van der Waals surface area contributed by atoms with Crippen LogP contribution in [0.2, 0.25) is 0 Å². The molecule has 0 unspecified atom stereocenters. The van der Waals surface area contributed by atoms with E-state index in [0.717, 1.165) is 22.7 Å². The normalized spacial score (nSPS) is 13.4. The number of thioether (sulfide) groups is 1. The van der Waals surface area contributed by atoms with Crippen LogP contribution >= 0.6 is 11.8 Å². The van der Waals surface area contributed by atoms with Crippen LogP contribution in [0.5, 0.6) is 17.2 Å². The van der Waals surface area contributed by atoms with Crippen LogP contribution in [0.4, 0.5) is 0 Å². The lowest BCUT2D eigenvalue weighted by molar-refractivity contribution is 0.0397. The van der Waals surface area contributed by atoms with Crippen molar-refractivity contribution in [3.8, 4) is 22.9 Å². The molecule has 0 saturated heterocycles. The SMILES string of the molecule is COc1ccc(-n2nnnc2SC[C@H](O)COCc2ccc3c(c2)OCO3)cc1. The number of aliphatic hydroxyl groups is 1. The minimum Gasteiger partial charge on any atom is -0.497 e. The second-order valence-corrected chi connectivity index (χ2v) is 7.23. The monoisotopic (exact) mass is 416 g/mol. The van der Waals surface area contributed by atoms with E-state index in [1.165, 1.54) is 11.8 Å². The highest BCUT2D eigenvalue weighted by Gasteiger charge is 2.15. The Morgan fingerprint density at radius 3 is 2.83 bits per heavy atom. The molecule has 0 spiro atoms. The van der Waals surface area contributed by atoms with Gasteiger partial charge in [-0.05, 0) is 52.4 Å². The van der Waals surface area contributed by atoms with Gasteiger partial charge in [0.25, 0.3) is 0 Å². The summed E-state index contributed by atoms with van der Waals surface area (Å²) >= 11 is 1.36. The van der Waals surface area contributed by atoms with Gasteiger partial charge in [0, 0.05) is 5.75 Å². The van der Waals surface area contributed by atoms with Crippen molar-refractivity contribution in [2.24, 2.45) is 0 Å². The molecule has 29 heavy (non-hydrogen) atoms. The van der Waals surface area contributed by atoms with Crippen molar-refractivity contribution in [1.82, 2.24) is 20.2 Å². The maximum Gasteiger partial charge on any atom is 0.231 e. The van der Waals surface area contributed by atoms with Crippen molar-refractivity contribution in [1.29, 1.82) is 0 Å². The van der Waals surface area contributed by atoms with Crippen molar-refractivity contribution in [3.63, 3.8) is 0 Å². The van der Waals surface area contributed by atoms with Crippen molar-refractivity contribution < 1.29 is 24.1 Å². The lowest BCUT2D eigenvalue weighted by Gasteiger charge is -2.11. The molecule has 0 amide bonds. The average Bonchev–Trinajstić information content (AvgIpc) is 3.41. The molecule has 152 valence electrons. The van der Waals surface area contributed by atoms with E-state index in [2.05, 4.69) is 15.5 Å². The Morgan fingerprint density at radius 2 is 2.00 bits per heavy atom. The Balaban J connectivity index is 1.26. The standard InChI is InChI=1S/C19H20N4O5S/c1-25-16-5-3-14(4-6-16)23-19(20-21-22-23)29-11-15(24)10-26-9-13-2-7-17-18(8-13)28-12-27-17/h2-8,15,24H,9-12H2,1H3/t15-/m1/s1. The number of aromatic nitrogens is 4. The van der Waals surface area contributed by atoms with Gasteiger partial charge in [0.15, 0.2) is 11.5 Å². The molecule has 3 aromatic rings. The zero-order valence-electron chi connectivity index (χ0n) is 15.7. The minimum absolute atomic E-state index is 0.200. The van der Waals surface area contributed by atoms with E-state index < -0.39 is 6.10 Å². The largest absolute Gasteiger partial charge is 0.497 e. The highest BCUT2D eigenvalue weighted by molar-refractivity contribution is 7.99. The Morgan fingerprint density at radius 1 is 1.17 bits per heavy atom. The van der Waals surface area contributed by atoms with Gasteiger partial charge < -0.3 is 24.1 Å².